The van der Waals surface area contributed by atoms with Crippen molar-refractivity contribution in [3.63, 3.8) is 0 Å². The van der Waals surface area contributed by atoms with Gasteiger partial charge in [-0.1, -0.05) is 13.0 Å². The molecule has 1 aromatic rings. The number of benzene rings is 1. The zero-order chi connectivity index (χ0) is 20.8. The van der Waals surface area contributed by atoms with Crippen molar-refractivity contribution in [2.75, 3.05) is 39.8 Å². The highest BCUT2D eigenvalue weighted by molar-refractivity contribution is 5.78. The number of piperidine rings is 1. The summed E-state index contributed by atoms with van der Waals surface area (Å²) in [7, 11) is 1.66. The van der Waals surface area contributed by atoms with Gasteiger partial charge in [-0.25, -0.2) is 8.78 Å². The van der Waals surface area contributed by atoms with E-state index in [0.29, 0.717) is 12.1 Å². The maximum Gasteiger partial charge on any atom is 0.317 e. The first-order valence-electron chi connectivity index (χ1n) is 9.61. The van der Waals surface area contributed by atoms with E-state index in [9.17, 15) is 18.4 Å². The van der Waals surface area contributed by atoms with Gasteiger partial charge in [0.2, 0.25) is 5.91 Å². The Morgan fingerprint density at radius 2 is 1.89 bits per heavy atom. The van der Waals surface area contributed by atoms with Crippen LogP contribution in [0.1, 0.15) is 38.3 Å². The fourth-order valence-corrected chi connectivity index (χ4v) is 3.63. The molecule has 0 aliphatic carbocycles. The quantitative estimate of drug-likeness (QED) is 0.730. The summed E-state index contributed by atoms with van der Waals surface area (Å²) in [5.74, 6) is -2.74. The summed E-state index contributed by atoms with van der Waals surface area (Å²) in [6.45, 7) is 6.15. The van der Waals surface area contributed by atoms with Crippen molar-refractivity contribution in [3.8, 4) is 0 Å². The Morgan fingerprint density at radius 3 is 2.43 bits per heavy atom. The fourth-order valence-electron chi connectivity index (χ4n) is 3.63. The van der Waals surface area contributed by atoms with Crippen LogP contribution in [0, 0.1) is 11.6 Å². The molecule has 1 N–H and O–H groups in total. The van der Waals surface area contributed by atoms with E-state index < -0.39 is 17.6 Å². The van der Waals surface area contributed by atoms with Gasteiger partial charge in [-0.05, 0) is 44.0 Å². The number of carbonyl (C=O) groups excluding carboxylic acids is 1. The van der Waals surface area contributed by atoms with Crippen molar-refractivity contribution in [2.45, 2.75) is 38.8 Å². The van der Waals surface area contributed by atoms with Gasteiger partial charge in [0.1, 0.15) is 0 Å². The average Bonchev–Trinajstić information content (AvgIpc) is 2.67. The van der Waals surface area contributed by atoms with Crippen LogP contribution in [0.2, 0.25) is 0 Å². The molecule has 1 unspecified atom stereocenters. The molecule has 156 valence electrons. The highest BCUT2D eigenvalue weighted by Crippen LogP contribution is 2.22. The first-order valence-corrected chi connectivity index (χ1v) is 9.61. The molecular formula is C20H29F2N3O3. The van der Waals surface area contributed by atoms with E-state index in [1.54, 1.807) is 18.9 Å². The van der Waals surface area contributed by atoms with Gasteiger partial charge in [0.15, 0.2) is 11.6 Å². The zero-order valence-corrected chi connectivity index (χ0v) is 16.7. The van der Waals surface area contributed by atoms with Crippen molar-refractivity contribution in [1.82, 2.24) is 14.7 Å². The Kier molecular flexibility index (Phi) is 7.88. The van der Waals surface area contributed by atoms with Crippen LogP contribution in [0.15, 0.2) is 18.2 Å². The summed E-state index contributed by atoms with van der Waals surface area (Å²) < 4.78 is 26.6. The molecule has 1 fully saturated rings. The second kappa shape index (κ2) is 9.93. The Bertz CT molecular complexity index is 693. The second-order valence-electron chi connectivity index (χ2n) is 7.32. The molecule has 1 saturated heterocycles. The Labute approximate surface area is 164 Å². The van der Waals surface area contributed by atoms with Crippen LogP contribution in [0.3, 0.4) is 0 Å². The number of carbonyl (C=O) groups is 2. The molecular weight excluding hydrogens is 368 g/mol. The van der Waals surface area contributed by atoms with Crippen molar-refractivity contribution in [3.05, 3.63) is 35.4 Å². The van der Waals surface area contributed by atoms with Gasteiger partial charge in [-0.2, -0.15) is 0 Å². The van der Waals surface area contributed by atoms with Crippen LogP contribution in [0.25, 0.3) is 0 Å². The lowest BCUT2D eigenvalue weighted by molar-refractivity contribution is -0.139. The van der Waals surface area contributed by atoms with Gasteiger partial charge in [0.05, 0.1) is 19.1 Å². The molecule has 8 heteroatoms. The largest absolute Gasteiger partial charge is 0.480 e. The van der Waals surface area contributed by atoms with Crippen LogP contribution in [0.4, 0.5) is 8.78 Å². The third kappa shape index (κ3) is 5.72. The number of nitrogens with zero attached hydrogens (tertiary/aromatic N) is 3. The minimum Gasteiger partial charge on any atom is -0.480 e. The number of rotatable bonds is 8. The number of carboxylic acids is 1. The van der Waals surface area contributed by atoms with E-state index in [-0.39, 0.29) is 31.1 Å². The Hall–Kier alpha value is -2.06. The second-order valence-corrected chi connectivity index (χ2v) is 7.32. The molecule has 28 heavy (non-hydrogen) atoms. The number of hydrogen-bond donors (Lipinski definition) is 1. The molecule has 0 saturated carbocycles. The normalized spacial score (nSPS) is 16.9. The van der Waals surface area contributed by atoms with Crippen LogP contribution in [0.5, 0.6) is 0 Å². The van der Waals surface area contributed by atoms with Gasteiger partial charge < -0.3 is 10.0 Å². The summed E-state index contributed by atoms with van der Waals surface area (Å²) >= 11 is 0. The topological polar surface area (TPSA) is 64.1 Å². The standard InChI is InChI=1S/C20H29F2N3O3/c1-4-25(13-20(27)28)16-7-9-24(10-8-16)12-19(26)23(3)14(2)15-5-6-17(21)18(22)11-15/h5-6,11,14,16H,4,7-10,12-13H2,1-3H3,(H,27,28). The molecule has 0 aromatic heterocycles. The molecule has 0 spiro atoms. The van der Waals surface area contributed by atoms with Gasteiger partial charge in [-0.3, -0.25) is 19.4 Å². The molecule has 6 nitrogen and oxygen atoms in total. The van der Waals surface area contributed by atoms with E-state index in [1.807, 2.05) is 11.8 Å². The highest BCUT2D eigenvalue weighted by atomic mass is 19.2. The van der Waals surface area contributed by atoms with E-state index in [2.05, 4.69) is 4.90 Å². The molecule has 1 aliphatic rings. The highest BCUT2D eigenvalue weighted by Gasteiger charge is 2.27. The molecule has 1 aromatic carbocycles. The van der Waals surface area contributed by atoms with Crippen molar-refractivity contribution in [2.24, 2.45) is 0 Å². The Balaban J connectivity index is 1.87. The summed E-state index contributed by atoms with van der Waals surface area (Å²) in [6, 6.07) is 3.52. The number of hydrogen-bond acceptors (Lipinski definition) is 4. The molecule has 1 atom stereocenters. The predicted octanol–water partition coefficient (Wildman–Crippen LogP) is 2.36. The first-order chi connectivity index (χ1) is 13.2. The molecule has 1 heterocycles. The van der Waals surface area contributed by atoms with Gasteiger partial charge >= 0.3 is 5.97 Å². The smallest absolute Gasteiger partial charge is 0.317 e. The van der Waals surface area contributed by atoms with Crippen molar-refractivity contribution >= 4 is 11.9 Å². The summed E-state index contributed by atoms with van der Waals surface area (Å²) in [6.07, 6.45) is 1.63. The summed E-state index contributed by atoms with van der Waals surface area (Å²) in [5.41, 5.74) is 0.542. The predicted molar refractivity (Wildman–Crippen MR) is 102 cm³/mol. The average molecular weight is 397 g/mol. The van der Waals surface area contributed by atoms with E-state index in [0.717, 1.165) is 38.1 Å². The summed E-state index contributed by atoms with van der Waals surface area (Å²) in [4.78, 5) is 29.2. The first kappa shape index (κ1) is 22.2. The maximum atomic E-state index is 13.5. The maximum absolute atomic E-state index is 13.5. The monoisotopic (exact) mass is 397 g/mol. The molecule has 1 amide bonds. The molecule has 2 rings (SSSR count). The number of amides is 1. The zero-order valence-electron chi connectivity index (χ0n) is 16.7. The van der Waals surface area contributed by atoms with Crippen LogP contribution in [-0.4, -0.2) is 77.5 Å². The van der Waals surface area contributed by atoms with Crippen molar-refractivity contribution in [1.29, 1.82) is 0 Å². The fraction of sp³-hybridized carbons (Fsp3) is 0.600. The lowest BCUT2D eigenvalue weighted by Crippen LogP contribution is -2.49. The third-order valence-electron chi connectivity index (χ3n) is 5.58. The SMILES string of the molecule is CCN(CC(=O)O)C1CCN(CC(=O)N(C)C(C)c2ccc(F)c(F)c2)CC1. The lowest BCUT2D eigenvalue weighted by atomic mass is 10.0. The van der Waals surface area contributed by atoms with E-state index in [4.69, 9.17) is 5.11 Å². The Morgan fingerprint density at radius 1 is 1.25 bits per heavy atom. The number of carboxylic acid groups (broad SMARTS) is 1. The van der Waals surface area contributed by atoms with E-state index in [1.165, 1.54) is 6.07 Å². The minimum absolute atomic E-state index is 0.0363. The van der Waals surface area contributed by atoms with Gasteiger partial charge in [0, 0.05) is 26.2 Å². The number of likely N-dealkylation sites (tertiary alicyclic amines) is 1. The number of halogens is 2. The molecule has 0 bridgehead atoms. The van der Waals surface area contributed by atoms with E-state index >= 15 is 0 Å². The van der Waals surface area contributed by atoms with Gasteiger partial charge in [-0.15, -0.1) is 0 Å². The summed E-state index contributed by atoms with van der Waals surface area (Å²) in [5, 5.41) is 9.01. The van der Waals surface area contributed by atoms with Crippen molar-refractivity contribution < 1.29 is 23.5 Å². The van der Waals surface area contributed by atoms with Gasteiger partial charge in [0.25, 0.3) is 0 Å². The minimum atomic E-state index is -0.922. The third-order valence-corrected chi connectivity index (χ3v) is 5.58. The lowest BCUT2D eigenvalue weighted by Gasteiger charge is -2.38. The number of likely N-dealkylation sites (N-methyl/N-ethyl adjacent to an activating group) is 2. The molecule has 1 aliphatic heterocycles. The van der Waals surface area contributed by atoms with Crippen LogP contribution >= 0.6 is 0 Å². The van der Waals surface area contributed by atoms with Crippen LogP contribution in [-0.2, 0) is 9.59 Å². The van der Waals surface area contributed by atoms with Crippen LogP contribution < -0.4 is 0 Å². The molecule has 0 radical (unpaired) electrons. The number of aliphatic carboxylic acids is 1.